The van der Waals surface area contributed by atoms with Crippen molar-refractivity contribution in [2.24, 2.45) is 5.73 Å². The first-order valence-electron chi connectivity index (χ1n) is 7.32. The molecule has 3 rings (SSSR count). The van der Waals surface area contributed by atoms with E-state index in [0.717, 1.165) is 30.6 Å². The van der Waals surface area contributed by atoms with Gasteiger partial charge in [0, 0.05) is 5.56 Å². The standard InChI is InChI=1S/C16H20N4O.ClH/c1-11-10-18-20(16(11)19-15(21)9-17)14-8-4-6-12-5-2-3-7-13(12)14;/h2-3,5,7,10,14H,4,6,8-9,17H2,1H3,(H,19,21);1H. The molecule has 0 bridgehead atoms. The Morgan fingerprint density at radius 2 is 2.23 bits per heavy atom. The van der Waals surface area contributed by atoms with E-state index in [1.165, 1.54) is 11.1 Å². The SMILES string of the molecule is Cc1cnn(C2CCCc3ccccc32)c1NC(=O)CN.Cl. The predicted molar refractivity (Wildman–Crippen MR) is 89.4 cm³/mol. The highest BCUT2D eigenvalue weighted by Gasteiger charge is 2.25. The molecule has 0 radical (unpaired) electrons. The number of halogens is 1. The Bertz CT molecular complexity index is 668. The molecule has 3 N–H and O–H groups in total. The van der Waals surface area contributed by atoms with Gasteiger partial charge in [0.2, 0.25) is 5.91 Å². The number of aryl methyl sites for hydroxylation is 2. The molecule has 0 saturated heterocycles. The van der Waals surface area contributed by atoms with Gasteiger partial charge in [0.1, 0.15) is 5.82 Å². The molecule has 1 aliphatic rings. The minimum absolute atomic E-state index is 0. The number of aromatic nitrogens is 2. The highest BCUT2D eigenvalue weighted by atomic mass is 35.5. The fourth-order valence-electron chi connectivity index (χ4n) is 3.01. The van der Waals surface area contributed by atoms with Crippen LogP contribution in [-0.4, -0.2) is 22.2 Å². The number of nitrogens with two attached hydrogens (primary N) is 1. The highest BCUT2D eigenvalue weighted by molar-refractivity contribution is 5.91. The number of nitrogens with one attached hydrogen (secondary N) is 1. The van der Waals surface area contributed by atoms with Crippen LogP contribution < -0.4 is 11.1 Å². The minimum atomic E-state index is -0.191. The van der Waals surface area contributed by atoms with Crippen molar-refractivity contribution in [1.29, 1.82) is 0 Å². The summed E-state index contributed by atoms with van der Waals surface area (Å²) in [5, 5.41) is 7.36. The summed E-state index contributed by atoms with van der Waals surface area (Å²) >= 11 is 0. The van der Waals surface area contributed by atoms with Crippen LogP contribution in [0.3, 0.4) is 0 Å². The number of hydrogen-bond donors (Lipinski definition) is 2. The van der Waals surface area contributed by atoms with Gasteiger partial charge in [0.25, 0.3) is 0 Å². The van der Waals surface area contributed by atoms with Crippen LogP contribution in [0.25, 0.3) is 0 Å². The van der Waals surface area contributed by atoms with Crippen molar-refractivity contribution in [2.75, 3.05) is 11.9 Å². The van der Waals surface area contributed by atoms with Gasteiger partial charge in [-0.1, -0.05) is 24.3 Å². The Morgan fingerprint density at radius 1 is 1.45 bits per heavy atom. The number of amides is 1. The number of benzene rings is 1. The van der Waals surface area contributed by atoms with Crippen LogP contribution in [0.15, 0.2) is 30.5 Å². The quantitative estimate of drug-likeness (QED) is 0.912. The lowest BCUT2D eigenvalue weighted by atomic mass is 9.88. The average molecular weight is 321 g/mol. The number of nitrogens with zero attached hydrogens (tertiary/aromatic N) is 2. The van der Waals surface area contributed by atoms with Gasteiger partial charge in [0.05, 0.1) is 18.8 Å². The zero-order valence-corrected chi connectivity index (χ0v) is 13.4. The first-order chi connectivity index (χ1) is 10.2. The molecule has 0 aliphatic heterocycles. The van der Waals surface area contributed by atoms with Gasteiger partial charge >= 0.3 is 0 Å². The van der Waals surface area contributed by atoms with Gasteiger partial charge in [-0.3, -0.25) is 4.79 Å². The van der Waals surface area contributed by atoms with Crippen molar-refractivity contribution >= 4 is 24.1 Å². The fourth-order valence-corrected chi connectivity index (χ4v) is 3.01. The van der Waals surface area contributed by atoms with E-state index < -0.39 is 0 Å². The summed E-state index contributed by atoms with van der Waals surface area (Å²) in [6.07, 6.45) is 5.06. The van der Waals surface area contributed by atoms with Crippen molar-refractivity contribution in [3.05, 3.63) is 47.2 Å². The van der Waals surface area contributed by atoms with Crippen LogP contribution >= 0.6 is 12.4 Å². The molecule has 1 atom stereocenters. The lowest BCUT2D eigenvalue weighted by molar-refractivity contribution is -0.115. The van der Waals surface area contributed by atoms with Gasteiger partial charge in [0.15, 0.2) is 0 Å². The summed E-state index contributed by atoms with van der Waals surface area (Å²) in [7, 11) is 0. The summed E-state index contributed by atoms with van der Waals surface area (Å²) in [4.78, 5) is 11.6. The third-order valence-corrected chi connectivity index (χ3v) is 4.05. The molecule has 1 aliphatic carbocycles. The number of fused-ring (bicyclic) bond motifs is 1. The predicted octanol–water partition coefficient (Wildman–Crippen LogP) is 2.44. The summed E-state index contributed by atoms with van der Waals surface area (Å²) in [5.74, 6) is 0.566. The van der Waals surface area contributed by atoms with Crippen molar-refractivity contribution in [3.63, 3.8) is 0 Å². The number of hydrogen-bond acceptors (Lipinski definition) is 3. The lowest BCUT2D eigenvalue weighted by Crippen LogP contribution is -2.26. The maximum absolute atomic E-state index is 11.6. The van der Waals surface area contributed by atoms with Gasteiger partial charge in [-0.25, -0.2) is 4.68 Å². The molecule has 1 aromatic heterocycles. The number of carbonyl (C=O) groups is 1. The van der Waals surface area contributed by atoms with Crippen LogP contribution in [0.5, 0.6) is 0 Å². The van der Waals surface area contributed by atoms with E-state index in [4.69, 9.17) is 5.73 Å². The second-order valence-corrected chi connectivity index (χ2v) is 5.48. The first kappa shape index (κ1) is 16.5. The maximum Gasteiger partial charge on any atom is 0.239 e. The summed E-state index contributed by atoms with van der Waals surface area (Å²) < 4.78 is 1.93. The molecule has 1 unspecified atom stereocenters. The van der Waals surface area contributed by atoms with Crippen LogP contribution in [0.1, 0.15) is 35.6 Å². The molecule has 118 valence electrons. The van der Waals surface area contributed by atoms with Gasteiger partial charge in [-0.15, -0.1) is 12.4 Å². The Kier molecular flexibility index (Phi) is 5.21. The zero-order valence-electron chi connectivity index (χ0n) is 12.6. The van der Waals surface area contributed by atoms with Crippen LogP contribution in [-0.2, 0) is 11.2 Å². The van der Waals surface area contributed by atoms with Crippen molar-refractivity contribution in [2.45, 2.75) is 32.2 Å². The van der Waals surface area contributed by atoms with E-state index in [-0.39, 0.29) is 30.9 Å². The van der Waals surface area contributed by atoms with Crippen molar-refractivity contribution in [1.82, 2.24) is 9.78 Å². The summed E-state index contributed by atoms with van der Waals surface area (Å²) in [5.41, 5.74) is 9.03. The van der Waals surface area contributed by atoms with Gasteiger partial charge < -0.3 is 11.1 Å². The van der Waals surface area contributed by atoms with Crippen molar-refractivity contribution < 1.29 is 4.79 Å². The fraction of sp³-hybridized carbons (Fsp3) is 0.375. The number of carbonyl (C=O) groups excluding carboxylic acids is 1. The molecule has 1 heterocycles. The Labute approximate surface area is 136 Å². The van der Waals surface area contributed by atoms with Gasteiger partial charge in [-0.2, -0.15) is 5.10 Å². The number of anilines is 1. The number of rotatable bonds is 3. The van der Waals surface area contributed by atoms with Crippen LogP contribution in [0.2, 0.25) is 0 Å². The first-order valence-corrected chi connectivity index (χ1v) is 7.32. The van der Waals surface area contributed by atoms with E-state index in [0.29, 0.717) is 0 Å². The van der Waals surface area contributed by atoms with E-state index in [9.17, 15) is 4.79 Å². The maximum atomic E-state index is 11.6. The normalized spacial score (nSPS) is 16.5. The lowest BCUT2D eigenvalue weighted by Gasteiger charge is -2.27. The molecular formula is C16H21ClN4O. The Morgan fingerprint density at radius 3 is 3.00 bits per heavy atom. The molecular weight excluding hydrogens is 300 g/mol. The van der Waals surface area contributed by atoms with E-state index in [2.05, 4.69) is 34.7 Å². The second kappa shape index (κ2) is 6.94. The summed E-state index contributed by atoms with van der Waals surface area (Å²) in [6, 6.07) is 8.65. The second-order valence-electron chi connectivity index (χ2n) is 5.48. The molecule has 6 heteroatoms. The van der Waals surface area contributed by atoms with E-state index in [1.807, 2.05) is 11.6 Å². The molecule has 1 aromatic carbocycles. The molecule has 0 fully saturated rings. The third-order valence-electron chi connectivity index (χ3n) is 4.05. The molecule has 22 heavy (non-hydrogen) atoms. The van der Waals surface area contributed by atoms with E-state index >= 15 is 0 Å². The van der Waals surface area contributed by atoms with Crippen LogP contribution in [0.4, 0.5) is 5.82 Å². The highest BCUT2D eigenvalue weighted by Crippen LogP contribution is 2.34. The van der Waals surface area contributed by atoms with Gasteiger partial charge in [-0.05, 0) is 37.3 Å². The Balaban J connectivity index is 0.00000176. The monoisotopic (exact) mass is 320 g/mol. The molecule has 1 amide bonds. The third kappa shape index (κ3) is 3.00. The topological polar surface area (TPSA) is 72.9 Å². The Hall–Kier alpha value is -1.85. The van der Waals surface area contributed by atoms with Crippen molar-refractivity contribution in [3.8, 4) is 0 Å². The molecule has 0 spiro atoms. The largest absolute Gasteiger partial charge is 0.322 e. The molecule has 0 saturated carbocycles. The smallest absolute Gasteiger partial charge is 0.239 e. The van der Waals surface area contributed by atoms with Crippen LogP contribution in [0, 0.1) is 6.92 Å². The summed E-state index contributed by atoms with van der Waals surface area (Å²) in [6.45, 7) is 1.93. The molecule has 5 nitrogen and oxygen atoms in total. The minimum Gasteiger partial charge on any atom is -0.322 e. The van der Waals surface area contributed by atoms with E-state index in [1.54, 1.807) is 6.20 Å². The molecule has 2 aromatic rings. The average Bonchev–Trinajstić information content (AvgIpc) is 2.87. The zero-order chi connectivity index (χ0) is 14.8.